The molecular formula is C19H19F2N5O2S. The van der Waals surface area contributed by atoms with Gasteiger partial charge in [0.1, 0.15) is 5.82 Å². The minimum atomic E-state index is -0.577. The summed E-state index contributed by atoms with van der Waals surface area (Å²) in [6, 6.07) is 5.25. The van der Waals surface area contributed by atoms with E-state index < -0.39 is 11.9 Å². The molecule has 2 aromatic heterocycles. The summed E-state index contributed by atoms with van der Waals surface area (Å²) in [5, 5.41) is 12.5. The smallest absolute Gasteiger partial charge is 0.325 e. The predicted molar refractivity (Wildman–Crippen MR) is 107 cm³/mol. The second kappa shape index (κ2) is 7.88. The summed E-state index contributed by atoms with van der Waals surface area (Å²) < 4.78 is 28.4. The molecule has 1 aromatic carbocycles. The minimum Gasteiger partial charge on any atom is -0.393 e. The van der Waals surface area contributed by atoms with Crippen LogP contribution in [-0.2, 0) is 6.42 Å². The molecule has 2 N–H and O–H groups in total. The van der Waals surface area contributed by atoms with Crippen molar-refractivity contribution in [3.8, 4) is 0 Å². The third-order valence-electron chi connectivity index (χ3n) is 4.54. The van der Waals surface area contributed by atoms with Crippen molar-refractivity contribution >= 4 is 38.5 Å². The van der Waals surface area contributed by atoms with Crippen molar-refractivity contribution in [3.05, 3.63) is 47.7 Å². The highest BCUT2D eigenvalue weighted by Crippen LogP contribution is 2.27. The molecule has 4 rings (SSSR count). The fourth-order valence-corrected chi connectivity index (χ4v) is 4.09. The number of rotatable bonds is 4. The van der Waals surface area contributed by atoms with Gasteiger partial charge in [-0.1, -0.05) is 11.3 Å². The Kier molecular flexibility index (Phi) is 5.29. The van der Waals surface area contributed by atoms with E-state index in [1.165, 1.54) is 40.6 Å². The summed E-state index contributed by atoms with van der Waals surface area (Å²) in [7, 11) is 0. The van der Waals surface area contributed by atoms with Gasteiger partial charge in [0.15, 0.2) is 16.8 Å². The number of hydrogen-bond donors (Lipinski definition) is 2. The largest absolute Gasteiger partial charge is 0.393 e. The van der Waals surface area contributed by atoms with Gasteiger partial charge in [-0.3, -0.25) is 5.32 Å². The number of fused-ring (bicyclic) bond motifs is 1. The zero-order chi connectivity index (χ0) is 20.5. The topological polar surface area (TPSA) is 81.6 Å². The quantitative estimate of drug-likeness (QED) is 0.679. The molecule has 7 nitrogen and oxygen atoms in total. The summed E-state index contributed by atoms with van der Waals surface area (Å²) in [5.41, 5.74) is 1.22. The van der Waals surface area contributed by atoms with Crippen molar-refractivity contribution in [2.24, 2.45) is 0 Å². The lowest BCUT2D eigenvalue weighted by atomic mass is 10.1. The maximum atomic E-state index is 14.4. The van der Waals surface area contributed by atoms with Crippen LogP contribution in [0.1, 0.15) is 12.5 Å². The van der Waals surface area contributed by atoms with Crippen LogP contribution in [0.3, 0.4) is 0 Å². The summed E-state index contributed by atoms with van der Waals surface area (Å²) in [4.78, 5) is 24.2. The minimum absolute atomic E-state index is 0.171. The highest BCUT2D eigenvalue weighted by Gasteiger charge is 2.27. The van der Waals surface area contributed by atoms with Gasteiger partial charge >= 0.3 is 6.03 Å². The molecule has 0 aliphatic carbocycles. The number of anilines is 2. The number of aliphatic hydroxyl groups excluding tert-OH is 1. The number of urea groups is 1. The fourth-order valence-electron chi connectivity index (χ4n) is 3.21. The number of carbonyl (C=O) groups excluding carboxylic acids is 1. The highest BCUT2D eigenvalue weighted by molar-refractivity contribution is 7.22. The van der Waals surface area contributed by atoms with Crippen LogP contribution in [0.5, 0.6) is 0 Å². The number of hydrogen-bond acceptors (Lipinski definition) is 6. The van der Waals surface area contributed by atoms with E-state index in [1.807, 2.05) is 0 Å². The second-order valence-corrected chi connectivity index (χ2v) is 7.96. The highest BCUT2D eigenvalue weighted by atomic mass is 32.1. The average Bonchev–Trinajstić information content (AvgIpc) is 3.27. The van der Waals surface area contributed by atoms with E-state index in [-0.39, 0.29) is 24.3 Å². The summed E-state index contributed by atoms with van der Waals surface area (Å²) in [6.07, 6.45) is 1.28. The van der Waals surface area contributed by atoms with E-state index in [0.717, 1.165) is 0 Å². The van der Waals surface area contributed by atoms with E-state index in [9.17, 15) is 18.7 Å². The van der Waals surface area contributed by atoms with Crippen LogP contribution >= 0.6 is 11.3 Å². The molecule has 1 unspecified atom stereocenters. The van der Waals surface area contributed by atoms with Crippen LogP contribution in [0.15, 0.2) is 30.5 Å². The van der Waals surface area contributed by atoms with Crippen molar-refractivity contribution < 1.29 is 18.7 Å². The van der Waals surface area contributed by atoms with E-state index in [4.69, 9.17) is 0 Å². The molecule has 1 aliphatic rings. The third-order valence-corrected chi connectivity index (χ3v) is 5.48. The third kappa shape index (κ3) is 4.28. The molecule has 3 aromatic rings. The van der Waals surface area contributed by atoms with Gasteiger partial charge < -0.3 is 14.9 Å². The zero-order valence-corrected chi connectivity index (χ0v) is 16.4. The maximum absolute atomic E-state index is 14.4. The van der Waals surface area contributed by atoms with Crippen LogP contribution in [0.4, 0.5) is 24.5 Å². The lowest BCUT2D eigenvalue weighted by Gasteiger charge is -2.19. The van der Waals surface area contributed by atoms with Gasteiger partial charge in [0, 0.05) is 19.3 Å². The first-order valence-corrected chi connectivity index (χ1v) is 9.90. The van der Waals surface area contributed by atoms with Gasteiger partial charge in [0.25, 0.3) is 0 Å². The van der Waals surface area contributed by atoms with Crippen LogP contribution in [-0.4, -0.2) is 51.9 Å². The Morgan fingerprint density at radius 2 is 2.17 bits per heavy atom. The molecule has 152 valence electrons. The van der Waals surface area contributed by atoms with Gasteiger partial charge in [-0.05, 0) is 43.2 Å². The van der Waals surface area contributed by atoms with E-state index in [1.54, 1.807) is 17.9 Å². The van der Waals surface area contributed by atoms with Gasteiger partial charge in [-0.25, -0.2) is 23.5 Å². The first-order valence-electron chi connectivity index (χ1n) is 9.08. The van der Waals surface area contributed by atoms with Gasteiger partial charge in [-0.2, -0.15) is 0 Å². The number of aromatic nitrogens is 2. The molecule has 1 atom stereocenters. The molecule has 1 saturated heterocycles. The van der Waals surface area contributed by atoms with Crippen molar-refractivity contribution in [1.29, 1.82) is 0 Å². The van der Waals surface area contributed by atoms with Crippen LogP contribution in [0.2, 0.25) is 0 Å². The predicted octanol–water partition coefficient (Wildman–Crippen LogP) is 3.20. The monoisotopic (exact) mass is 419 g/mol. The number of nitrogens with zero attached hydrogens (tertiary/aromatic N) is 4. The summed E-state index contributed by atoms with van der Waals surface area (Å²) in [6.45, 7) is 2.66. The Morgan fingerprint density at radius 1 is 1.34 bits per heavy atom. The molecule has 0 saturated carbocycles. The first kappa shape index (κ1) is 19.5. The van der Waals surface area contributed by atoms with Crippen molar-refractivity contribution in [1.82, 2.24) is 14.9 Å². The Bertz CT molecular complexity index is 1060. The van der Waals surface area contributed by atoms with E-state index >= 15 is 0 Å². The molecule has 2 amide bonds. The molecule has 1 aliphatic heterocycles. The average molecular weight is 419 g/mol. The van der Waals surface area contributed by atoms with E-state index in [0.29, 0.717) is 40.4 Å². The van der Waals surface area contributed by atoms with Crippen molar-refractivity contribution in [2.75, 3.05) is 30.0 Å². The molecule has 1 fully saturated rings. The SMILES string of the molecule is CC(O)Cc1cnc(N2CCN(C(=O)Nc3nc4ccc(F)cc4s3)C2)c(F)c1. The second-order valence-electron chi connectivity index (χ2n) is 6.93. The lowest BCUT2D eigenvalue weighted by molar-refractivity contribution is 0.195. The van der Waals surface area contributed by atoms with Gasteiger partial charge in [0.2, 0.25) is 0 Å². The number of aliphatic hydroxyl groups is 1. The Morgan fingerprint density at radius 3 is 2.93 bits per heavy atom. The number of benzene rings is 1. The number of thiazole rings is 1. The fraction of sp³-hybridized carbons (Fsp3) is 0.316. The number of pyridine rings is 1. The molecule has 0 bridgehead atoms. The van der Waals surface area contributed by atoms with Crippen LogP contribution in [0, 0.1) is 11.6 Å². The number of nitrogens with one attached hydrogen (secondary N) is 1. The van der Waals surface area contributed by atoms with Crippen molar-refractivity contribution in [2.45, 2.75) is 19.4 Å². The summed E-state index contributed by atoms with van der Waals surface area (Å²) in [5.74, 6) is -0.674. The molecule has 29 heavy (non-hydrogen) atoms. The standard InChI is InChI=1S/C19H19F2N5O2S/c1-11(27)6-12-7-14(21)17(22-9-12)25-4-5-26(10-25)19(28)24-18-23-15-3-2-13(20)8-16(15)29-18/h2-3,7-9,11,27H,4-6,10H2,1H3,(H,23,24,28). The normalized spacial score (nSPS) is 15.2. The Balaban J connectivity index is 1.41. The molecule has 10 heteroatoms. The lowest BCUT2D eigenvalue weighted by Crippen LogP contribution is -2.35. The molecule has 0 radical (unpaired) electrons. The van der Waals surface area contributed by atoms with E-state index in [2.05, 4.69) is 15.3 Å². The van der Waals surface area contributed by atoms with Gasteiger partial charge in [-0.15, -0.1) is 0 Å². The first-order chi connectivity index (χ1) is 13.9. The van der Waals surface area contributed by atoms with Crippen LogP contribution < -0.4 is 10.2 Å². The van der Waals surface area contributed by atoms with Crippen LogP contribution in [0.25, 0.3) is 10.2 Å². The Labute approximate surface area is 169 Å². The maximum Gasteiger partial charge on any atom is 0.325 e. The van der Waals surface area contributed by atoms with Crippen molar-refractivity contribution in [3.63, 3.8) is 0 Å². The Hall–Kier alpha value is -2.85. The van der Waals surface area contributed by atoms with Gasteiger partial charge in [0.05, 0.1) is 23.0 Å². The number of carbonyl (C=O) groups is 1. The molecule has 0 spiro atoms. The number of amides is 2. The zero-order valence-electron chi connectivity index (χ0n) is 15.6. The number of halogens is 2. The molecule has 3 heterocycles. The summed E-state index contributed by atoms with van der Waals surface area (Å²) >= 11 is 1.19. The molecular weight excluding hydrogens is 400 g/mol.